The zero-order valence-electron chi connectivity index (χ0n) is 16.9. The van der Waals surface area contributed by atoms with Gasteiger partial charge in [0.05, 0.1) is 24.3 Å². The van der Waals surface area contributed by atoms with Crippen molar-refractivity contribution >= 4 is 17.6 Å². The Balaban J connectivity index is 1.54. The molecule has 0 aliphatic rings. The summed E-state index contributed by atoms with van der Waals surface area (Å²) >= 11 is 0. The van der Waals surface area contributed by atoms with E-state index < -0.39 is 5.97 Å². The molecule has 0 saturated carbocycles. The number of amides is 1. The standard InChI is InChI=1S/C23H22N2O6/c1-29-12-13-30-17-7-9-18(10-8-17)31-22-11-6-16(15-24-22)14-21(26)25-20-5-3-2-4-19(20)23(27)28/h2-11,15H,12-14H2,1H3,(H,25,26)(H,27,28). The topological polar surface area (TPSA) is 107 Å². The summed E-state index contributed by atoms with van der Waals surface area (Å²) in [5, 5.41) is 11.8. The number of carboxylic acid groups (broad SMARTS) is 1. The second-order valence-electron chi connectivity index (χ2n) is 6.50. The number of aromatic carboxylic acids is 1. The molecule has 8 heteroatoms. The highest BCUT2D eigenvalue weighted by molar-refractivity contribution is 6.00. The van der Waals surface area contributed by atoms with Crippen LogP contribution in [0.3, 0.4) is 0 Å². The number of methoxy groups -OCH3 is 1. The van der Waals surface area contributed by atoms with E-state index >= 15 is 0 Å². The highest BCUT2D eigenvalue weighted by atomic mass is 16.5. The van der Waals surface area contributed by atoms with Gasteiger partial charge in [-0.3, -0.25) is 4.79 Å². The Morgan fingerprint density at radius 3 is 2.39 bits per heavy atom. The summed E-state index contributed by atoms with van der Waals surface area (Å²) in [4.78, 5) is 27.7. The van der Waals surface area contributed by atoms with Gasteiger partial charge in [0.25, 0.3) is 0 Å². The summed E-state index contributed by atoms with van der Waals surface area (Å²) in [7, 11) is 1.61. The number of hydrogen-bond donors (Lipinski definition) is 2. The van der Waals surface area contributed by atoms with Crippen molar-refractivity contribution in [2.75, 3.05) is 25.6 Å². The lowest BCUT2D eigenvalue weighted by atomic mass is 10.1. The number of carbonyl (C=O) groups excluding carboxylic acids is 1. The molecule has 0 bridgehead atoms. The van der Waals surface area contributed by atoms with E-state index in [9.17, 15) is 14.7 Å². The molecular weight excluding hydrogens is 400 g/mol. The third-order valence-corrected chi connectivity index (χ3v) is 4.20. The van der Waals surface area contributed by atoms with E-state index in [-0.39, 0.29) is 23.6 Å². The van der Waals surface area contributed by atoms with Crippen LogP contribution in [-0.2, 0) is 16.0 Å². The lowest BCUT2D eigenvalue weighted by Gasteiger charge is -2.09. The van der Waals surface area contributed by atoms with E-state index in [1.165, 1.54) is 6.07 Å². The molecule has 1 heterocycles. The Labute approximate surface area is 179 Å². The number of benzene rings is 2. The average Bonchev–Trinajstić information content (AvgIpc) is 2.77. The molecular formula is C23H22N2O6. The fourth-order valence-corrected chi connectivity index (χ4v) is 2.70. The van der Waals surface area contributed by atoms with Gasteiger partial charge in [0.15, 0.2) is 0 Å². The number of rotatable bonds is 10. The van der Waals surface area contributed by atoms with Crippen LogP contribution < -0.4 is 14.8 Å². The highest BCUT2D eigenvalue weighted by Crippen LogP contribution is 2.23. The summed E-state index contributed by atoms with van der Waals surface area (Å²) in [6.07, 6.45) is 1.59. The van der Waals surface area contributed by atoms with Crippen LogP contribution in [0, 0.1) is 0 Å². The van der Waals surface area contributed by atoms with Crippen molar-refractivity contribution in [3.8, 4) is 17.4 Å². The molecule has 0 fully saturated rings. The van der Waals surface area contributed by atoms with Crippen LogP contribution in [0.2, 0.25) is 0 Å². The quantitative estimate of drug-likeness (QED) is 0.479. The van der Waals surface area contributed by atoms with Gasteiger partial charge in [-0.15, -0.1) is 0 Å². The second-order valence-corrected chi connectivity index (χ2v) is 6.50. The van der Waals surface area contributed by atoms with Crippen molar-refractivity contribution in [1.29, 1.82) is 0 Å². The van der Waals surface area contributed by atoms with Crippen molar-refractivity contribution < 1.29 is 28.9 Å². The van der Waals surface area contributed by atoms with Gasteiger partial charge >= 0.3 is 5.97 Å². The molecule has 1 aromatic heterocycles. The lowest BCUT2D eigenvalue weighted by Crippen LogP contribution is -2.16. The van der Waals surface area contributed by atoms with Crippen LogP contribution >= 0.6 is 0 Å². The molecule has 160 valence electrons. The fourth-order valence-electron chi connectivity index (χ4n) is 2.70. The first kappa shape index (κ1) is 21.8. The van der Waals surface area contributed by atoms with Gasteiger partial charge in [0.2, 0.25) is 11.8 Å². The molecule has 3 aromatic rings. The third-order valence-electron chi connectivity index (χ3n) is 4.20. The van der Waals surface area contributed by atoms with E-state index in [4.69, 9.17) is 14.2 Å². The number of nitrogens with zero attached hydrogens (tertiary/aromatic N) is 1. The Morgan fingerprint density at radius 1 is 0.968 bits per heavy atom. The van der Waals surface area contributed by atoms with Gasteiger partial charge in [-0.25, -0.2) is 9.78 Å². The minimum atomic E-state index is -1.10. The van der Waals surface area contributed by atoms with Gasteiger partial charge < -0.3 is 24.6 Å². The van der Waals surface area contributed by atoms with Crippen molar-refractivity contribution in [3.05, 3.63) is 78.0 Å². The first-order valence-corrected chi connectivity index (χ1v) is 9.52. The van der Waals surface area contributed by atoms with E-state index in [0.717, 1.165) is 0 Å². The maximum Gasteiger partial charge on any atom is 0.337 e. The third kappa shape index (κ3) is 6.55. The van der Waals surface area contributed by atoms with Gasteiger partial charge in [-0.2, -0.15) is 0 Å². The Bertz CT molecular complexity index is 1020. The summed E-state index contributed by atoms with van der Waals surface area (Å²) in [5.74, 6) is 0.251. The highest BCUT2D eigenvalue weighted by Gasteiger charge is 2.12. The van der Waals surface area contributed by atoms with Crippen LogP contribution in [0.4, 0.5) is 5.69 Å². The molecule has 31 heavy (non-hydrogen) atoms. The molecule has 0 unspecified atom stereocenters. The van der Waals surface area contributed by atoms with Gasteiger partial charge in [0.1, 0.15) is 18.1 Å². The van der Waals surface area contributed by atoms with Crippen LogP contribution in [-0.4, -0.2) is 42.3 Å². The van der Waals surface area contributed by atoms with E-state index in [0.29, 0.717) is 36.2 Å². The number of carbonyl (C=O) groups is 2. The van der Waals surface area contributed by atoms with E-state index in [2.05, 4.69) is 10.3 Å². The molecule has 0 saturated heterocycles. The molecule has 0 aliphatic heterocycles. The minimum absolute atomic E-state index is 0.0350. The Hall–Kier alpha value is -3.91. The normalized spacial score (nSPS) is 10.4. The number of ether oxygens (including phenoxy) is 3. The maximum absolute atomic E-state index is 12.3. The zero-order chi connectivity index (χ0) is 22.1. The number of anilines is 1. The van der Waals surface area contributed by atoms with Gasteiger partial charge in [-0.1, -0.05) is 18.2 Å². The predicted octanol–water partition coefficient (Wildman–Crippen LogP) is 3.78. The monoisotopic (exact) mass is 422 g/mol. The molecule has 8 nitrogen and oxygen atoms in total. The maximum atomic E-state index is 12.3. The number of hydrogen-bond acceptors (Lipinski definition) is 6. The summed E-state index contributed by atoms with van der Waals surface area (Å²) in [5.41, 5.74) is 0.954. The molecule has 0 atom stereocenters. The first-order chi connectivity index (χ1) is 15.0. The largest absolute Gasteiger partial charge is 0.491 e. The second kappa shape index (κ2) is 10.7. The molecule has 2 N–H and O–H groups in total. The van der Waals surface area contributed by atoms with Crippen molar-refractivity contribution in [3.63, 3.8) is 0 Å². The fraction of sp³-hybridized carbons (Fsp3) is 0.174. The molecule has 1 amide bonds. The van der Waals surface area contributed by atoms with E-state index in [1.54, 1.807) is 67.9 Å². The molecule has 0 spiro atoms. The minimum Gasteiger partial charge on any atom is -0.491 e. The number of carboxylic acids is 1. The molecule has 0 radical (unpaired) electrons. The van der Waals surface area contributed by atoms with Gasteiger partial charge in [-0.05, 0) is 42.0 Å². The SMILES string of the molecule is COCCOc1ccc(Oc2ccc(CC(=O)Nc3ccccc3C(=O)O)cn2)cc1. The Morgan fingerprint density at radius 2 is 1.71 bits per heavy atom. The predicted molar refractivity (Wildman–Crippen MR) is 114 cm³/mol. The summed E-state index contributed by atoms with van der Waals surface area (Å²) in [6, 6.07) is 16.8. The van der Waals surface area contributed by atoms with Crippen LogP contribution in [0.5, 0.6) is 17.4 Å². The number of para-hydroxylation sites is 1. The van der Waals surface area contributed by atoms with Crippen LogP contribution in [0.25, 0.3) is 0 Å². The van der Waals surface area contributed by atoms with Gasteiger partial charge in [0, 0.05) is 19.4 Å². The summed E-state index contributed by atoms with van der Waals surface area (Å²) in [6.45, 7) is 0.980. The van der Waals surface area contributed by atoms with Crippen molar-refractivity contribution in [2.24, 2.45) is 0 Å². The number of pyridine rings is 1. The van der Waals surface area contributed by atoms with E-state index in [1.807, 2.05) is 0 Å². The van der Waals surface area contributed by atoms with Crippen molar-refractivity contribution in [2.45, 2.75) is 6.42 Å². The summed E-state index contributed by atoms with van der Waals surface area (Å²) < 4.78 is 16.1. The van der Waals surface area contributed by atoms with Crippen LogP contribution in [0.1, 0.15) is 15.9 Å². The van der Waals surface area contributed by atoms with Crippen molar-refractivity contribution in [1.82, 2.24) is 4.98 Å². The lowest BCUT2D eigenvalue weighted by molar-refractivity contribution is -0.115. The Kier molecular flexibility index (Phi) is 7.56. The average molecular weight is 422 g/mol. The van der Waals surface area contributed by atoms with Crippen LogP contribution in [0.15, 0.2) is 66.9 Å². The molecule has 2 aromatic carbocycles. The number of aromatic nitrogens is 1. The smallest absolute Gasteiger partial charge is 0.337 e. The first-order valence-electron chi connectivity index (χ1n) is 9.52. The molecule has 0 aliphatic carbocycles. The number of nitrogens with one attached hydrogen (secondary N) is 1. The molecule has 3 rings (SSSR count). The zero-order valence-corrected chi connectivity index (χ0v) is 16.9.